The minimum atomic E-state index is -0.408. The molecule has 4 heteroatoms. The van der Waals surface area contributed by atoms with Crippen LogP contribution in [0.5, 0.6) is 5.75 Å². The van der Waals surface area contributed by atoms with Crippen LogP contribution >= 0.6 is 0 Å². The summed E-state index contributed by atoms with van der Waals surface area (Å²) < 4.78 is 28.1. The standard InChI is InChI=1S/C11H15FO3/c1-8-6-9(12)4-5-10(8)15-7-11(13-2)14-3/h4-6,11H,7H2,1-3H3. The van der Waals surface area contributed by atoms with Crippen molar-refractivity contribution in [1.82, 2.24) is 0 Å². The van der Waals surface area contributed by atoms with Crippen LogP contribution in [0.25, 0.3) is 0 Å². The Morgan fingerprint density at radius 2 is 1.93 bits per heavy atom. The van der Waals surface area contributed by atoms with E-state index in [-0.39, 0.29) is 12.4 Å². The summed E-state index contributed by atoms with van der Waals surface area (Å²) in [5.41, 5.74) is 0.751. The number of rotatable bonds is 5. The molecule has 1 aromatic rings. The van der Waals surface area contributed by atoms with E-state index >= 15 is 0 Å². The Balaban J connectivity index is 2.57. The molecule has 0 radical (unpaired) electrons. The van der Waals surface area contributed by atoms with E-state index < -0.39 is 6.29 Å². The zero-order valence-corrected chi connectivity index (χ0v) is 9.12. The van der Waals surface area contributed by atoms with Gasteiger partial charge in [0.1, 0.15) is 18.2 Å². The fourth-order valence-corrected chi connectivity index (χ4v) is 1.16. The molecule has 0 aliphatic heterocycles. The minimum absolute atomic E-state index is 0.269. The summed E-state index contributed by atoms with van der Waals surface area (Å²) in [7, 11) is 3.07. The third kappa shape index (κ3) is 3.49. The van der Waals surface area contributed by atoms with E-state index in [9.17, 15) is 4.39 Å². The van der Waals surface area contributed by atoms with Crippen LogP contribution in [0.15, 0.2) is 18.2 Å². The van der Waals surface area contributed by atoms with Gasteiger partial charge in [0.15, 0.2) is 6.29 Å². The van der Waals surface area contributed by atoms with Crippen molar-refractivity contribution in [3.05, 3.63) is 29.6 Å². The minimum Gasteiger partial charge on any atom is -0.488 e. The molecule has 0 saturated carbocycles. The van der Waals surface area contributed by atoms with Gasteiger partial charge in [0, 0.05) is 14.2 Å². The Bertz CT molecular complexity index is 311. The number of benzene rings is 1. The second-order valence-electron chi connectivity index (χ2n) is 3.12. The van der Waals surface area contributed by atoms with Crippen LogP contribution in [-0.2, 0) is 9.47 Å². The Hall–Kier alpha value is -1.13. The Kier molecular flexibility index (Phi) is 4.52. The SMILES string of the molecule is COC(COc1ccc(F)cc1C)OC. The van der Waals surface area contributed by atoms with E-state index in [2.05, 4.69) is 0 Å². The molecule has 0 amide bonds. The van der Waals surface area contributed by atoms with E-state index in [1.54, 1.807) is 13.0 Å². The van der Waals surface area contributed by atoms with E-state index in [0.29, 0.717) is 5.75 Å². The summed E-state index contributed by atoms with van der Waals surface area (Å²) in [6.07, 6.45) is -0.408. The first-order valence-electron chi connectivity index (χ1n) is 4.62. The third-order valence-electron chi connectivity index (χ3n) is 2.04. The number of hydrogen-bond acceptors (Lipinski definition) is 3. The molecule has 1 rings (SSSR count). The number of aryl methyl sites for hydroxylation is 1. The Labute approximate surface area is 88.8 Å². The van der Waals surface area contributed by atoms with E-state index in [1.165, 1.54) is 26.4 Å². The maximum atomic E-state index is 12.8. The average Bonchev–Trinajstić information content (AvgIpc) is 2.22. The molecule has 0 heterocycles. The quantitative estimate of drug-likeness (QED) is 0.703. The molecule has 84 valence electrons. The molecule has 15 heavy (non-hydrogen) atoms. The molecule has 0 unspecified atom stereocenters. The van der Waals surface area contributed by atoms with Crippen LogP contribution in [0.2, 0.25) is 0 Å². The molecule has 0 spiro atoms. The third-order valence-corrected chi connectivity index (χ3v) is 2.04. The second kappa shape index (κ2) is 5.68. The summed E-state index contributed by atoms with van der Waals surface area (Å²) in [6, 6.07) is 4.37. The highest BCUT2D eigenvalue weighted by atomic mass is 19.1. The first-order valence-corrected chi connectivity index (χ1v) is 4.62. The smallest absolute Gasteiger partial charge is 0.191 e. The summed E-state index contributed by atoms with van der Waals surface area (Å²) in [4.78, 5) is 0. The predicted octanol–water partition coefficient (Wildman–Crippen LogP) is 2.13. The summed E-state index contributed by atoms with van der Waals surface area (Å²) >= 11 is 0. The lowest BCUT2D eigenvalue weighted by Crippen LogP contribution is -2.22. The van der Waals surface area contributed by atoms with Gasteiger partial charge in [-0.2, -0.15) is 0 Å². The van der Waals surface area contributed by atoms with Gasteiger partial charge in [0.05, 0.1) is 0 Å². The predicted molar refractivity (Wildman–Crippen MR) is 54.4 cm³/mol. The monoisotopic (exact) mass is 214 g/mol. The van der Waals surface area contributed by atoms with Gasteiger partial charge in [-0.25, -0.2) is 4.39 Å². The van der Waals surface area contributed by atoms with Crippen molar-refractivity contribution in [3.8, 4) is 5.75 Å². The van der Waals surface area contributed by atoms with Crippen LogP contribution in [0.4, 0.5) is 4.39 Å². The fourth-order valence-electron chi connectivity index (χ4n) is 1.16. The van der Waals surface area contributed by atoms with Gasteiger partial charge in [-0.1, -0.05) is 0 Å². The highest BCUT2D eigenvalue weighted by Crippen LogP contribution is 2.18. The molecule has 0 aliphatic carbocycles. The number of halogens is 1. The van der Waals surface area contributed by atoms with Gasteiger partial charge < -0.3 is 14.2 Å². The van der Waals surface area contributed by atoms with Gasteiger partial charge in [0.25, 0.3) is 0 Å². The van der Waals surface area contributed by atoms with E-state index in [4.69, 9.17) is 14.2 Å². The van der Waals surface area contributed by atoms with Crippen LogP contribution in [0, 0.1) is 12.7 Å². The van der Waals surface area contributed by atoms with Crippen molar-refractivity contribution in [3.63, 3.8) is 0 Å². The number of ether oxygens (including phenoxy) is 3. The van der Waals surface area contributed by atoms with Crippen molar-refractivity contribution in [2.75, 3.05) is 20.8 Å². The van der Waals surface area contributed by atoms with Gasteiger partial charge in [-0.3, -0.25) is 0 Å². The highest BCUT2D eigenvalue weighted by Gasteiger charge is 2.07. The maximum Gasteiger partial charge on any atom is 0.191 e. The van der Waals surface area contributed by atoms with Gasteiger partial charge in [0.2, 0.25) is 0 Å². The Morgan fingerprint density at radius 3 is 2.47 bits per heavy atom. The van der Waals surface area contributed by atoms with Gasteiger partial charge >= 0.3 is 0 Å². The first kappa shape index (κ1) is 11.9. The lowest BCUT2D eigenvalue weighted by molar-refractivity contribution is -0.122. The number of hydrogen-bond donors (Lipinski definition) is 0. The van der Waals surface area contributed by atoms with Crippen LogP contribution < -0.4 is 4.74 Å². The molecular formula is C11H15FO3. The molecule has 0 aromatic heterocycles. The van der Waals surface area contributed by atoms with Crippen molar-refractivity contribution < 1.29 is 18.6 Å². The average molecular weight is 214 g/mol. The first-order chi connectivity index (χ1) is 7.17. The molecule has 0 saturated heterocycles. The van der Waals surface area contributed by atoms with E-state index in [0.717, 1.165) is 5.56 Å². The summed E-state index contributed by atoms with van der Waals surface area (Å²) in [5, 5.41) is 0. The van der Waals surface area contributed by atoms with Gasteiger partial charge in [-0.05, 0) is 30.7 Å². The van der Waals surface area contributed by atoms with Crippen LogP contribution in [0.3, 0.4) is 0 Å². The zero-order chi connectivity index (χ0) is 11.3. The van der Waals surface area contributed by atoms with Crippen LogP contribution in [-0.4, -0.2) is 27.1 Å². The Morgan fingerprint density at radius 1 is 1.27 bits per heavy atom. The maximum absolute atomic E-state index is 12.8. The van der Waals surface area contributed by atoms with Crippen molar-refractivity contribution in [2.45, 2.75) is 13.2 Å². The topological polar surface area (TPSA) is 27.7 Å². The van der Waals surface area contributed by atoms with Crippen molar-refractivity contribution in [2.24, 2.45) is 0 Å². The second-order valence-corrected chi connectivity index (χ2v) is 3.12. The molecule has 0 bridgehead atoms. The normalized spacial score (nSPS) is 10.7. The summed E-state index contributed by atoms with van der Waals surface area (Å²) in [6.45, 7) is 2.06. The van der Waals surface area contributed by atoms with E-state index in [1.807, 2.05) is 0 Å². The molecular weight excluding hydrogens is 199 g/mol. The van der Waals surface area contributed by atoms with Crippen molar-refractivity contribution in [1.29, 1.82) is 0 Å². The van der Waals surface area contributed by atoms with Crippen LogP contribution in [0.1, 0.15) is 5.56 Å². The number of methoxy groups -OCH3 is 2. The molecule has 1 aromatic carbocycles. The lowest BCUT2D eigenvalue weighted by Gasteiger charge is -2.15. The molecule has 0 fully saturated rings. The highest BCUT2D eigenvalue weighted by molar-refractivity contribution is 5.32. The summed E-state index contributed by atoms with van der Waals surface area (Å²) in [5.74, 6) is 0.366. The van der Waals surface area contributed by atoms with Crippen molar-refractivity contribution >= 4 is 0 Å². The fraction of sp³-hybridized carbons (Fsp3) is 0.455. The van der Waals surface area contributed by atoms with Gasteiger partial charge in [-0.15, -0.1) is 0 Å². The molecule has 0 atom stereocenters. The molecule has 0 aliphatic rings. The lowest BCUT2D eigenvalue weighted by atomic mass is 10.2. The zero-order valence-electron chi connectivity index (χ0n) is 9.12. The largest absolute Gasteiger partial charge is 0.488 e. The molecule has 0 N–H and O–H groups in total. The molecule has 3 nitrogen and oxygen atoms in total.